The topological polar surface area (TPSA) is 78.6 Å². The molecule has 0 atom stereocenters. The van der Waals surface area contributed by atoms with Crippen LogP contribution in [0.15, 0.2) is 57.4 Å². The number of Topliss-reactive ketones (excluding diaryl/α,β-unsaturated/α-hetero) is 1. The minimum Gasteiger partial charge on any atom is -0.496 e. The number of halogens is 1. The molecule has 1 aromatic heterocycles. The minimum atomic E-state index is -0.659. The number of hydrogen-bond acceptors (Lipinski definition) is 6. The number of para-hydroxylation sites is 2. The number of carbonyl (C=O) groups excluding carboxylic acids is 2. The number of rotatable bonds is 6. The predicted molar refractivity (Wildman–Crippen MR) is 99.0 cm³/mol. The third-order valence-electron chi connectivity index (χ3n) is 3.49. The molecule has 0 unspecified atom stereocenters. The molecule has 132 valence electrons. The van der Waals surface area contributed by atoms with E-state index in [2.05, 4.69) is 20.9 Å². The van der Waals surface area contributed by atoms with E-state index in [0.29, 0.717) is 26.9 Å². The molecule has 1 heterocycles. The van der Waals surface area contributed by atoms with Gasteiger partial charge >= 0.3 is 5.97 Å². The summed E-state index contributed by atoms with van der Waals surface area (Å²) in [4.78, 5) is 28.1. The van der Waals surface area contributed by atoms with Crippen LogP contribution in [0.2, 0.25) is 0 Å². The Balaban J connectivity index is 1.58. The highest BCUT2D eigenvalue weighted by molar-refractivity contribution is 9.10. The van der Waals surface area contributed by atoms with Crippen LogP contribution in [0.5, 0.6) is 5.75 Å². The molecule has 2 aromatic carbocycles. The quantitative estimate of drug-likeness (QED) is 0.343. The molecule has 6 nitrogen and oxygen atoms in total. The molecule has 0 aliphatic heterocycles. The summed E-state index contributed by atoms with van der Waals surface area (Å²) in [6.07, 6.45) is 2.57. The van der Waals surface area contributed by atoms with Gasteiger partial charge in [0, 0.05) is 17.7 Å². The van der Waals surface area contributed by atoms with Crippen molar-refractivity contribution in [1.29, 1.82) is 0 Å². The first-order valence-electron chi connectivity index (χ1n) is 7.64. The van der Waals surface area contributed by atoms with Crippen LogP contribution in [-0.2, 0) is 9.53 Å². The number of aromatic nitrogens is 1. The Morgan fingerprint density at radius 1 is 1.23 bits per heavy atom. The maximum atomic E-state index is 12.1. The fraction of sp³-hybridized carbons (Fsp3) is 0.105. The summed E-state index contributed by atoms with van der Waals surface area (Å²) in [7, 11) is 1.53. The van der Waals surface area contributed by atoms with E-state index in [1.54, 1.807) is 30.3 Å². The van der Waals surface area contributed by atoms with Gasteiger partial charge in [-0.3, -0.25) is 4.79 Å². The molecule has 7 heteroatoms. The highest BCUT2D eigenvalue weighted by Crippen LogP contribution is 2.25. The maximum absolute atomic E-state index is 12.1. The lowest BCUT2D eigenvalue weighted by Gasteiger charge is -2.06. The van der Waals surface area contributed by atoms with E-state index in [1.165, 1.54) is 19.3 Å². The number of methoxy groups -OCH3 is 1. The van der Waals surface area contributed by atoms with E-state index in [9.17, 15) is 9.59 Å². The zero-order chi connectivity index (χ0) is 18.5. The summed E-state index contributed by atoms with van der Waals surface area (Å²) < 4.78 is 16.2. The Labute approximate surface area is 157 Å². The second-order valence-corrected chi connectivity index (χ2v) is 6.09. The molecule has 0 saturated heterocycles. The molecule has 0 radical (unpaired) electrons. The van der Waals surface area contributed by atoms with Crippen LogP contribution in [0.1, 0.15) is 16.2 Å². The first-order chi connectivity index (χ1) is 12.6. The van der Waals surface area contributed by atoms with Gasteiger partial charge in [-0.1, -0.05) is 12.1 Å². The predicted octanol–water partition coefficient (Wildman–Crippen LogP) is 4.04. The normalized spacial score (nSPS) is 11.0. The van der Waals surface area contributed by atoms with Gasteiger partial charge in [-0.2, -0.15) is 0 Å². The van der Waals surface area contributed by atoms with Gasteiger partial charge < -0.3 is 13.9 Å². The van der Waals surface area contributed by atoms with Crippen molar-refractivity contribution in [3.05, 3.63) is 64.5 Å². The third kappa shape index (κ3) is 4.18. The van der Waals surface area contributed by atoms with Crippen molar-refractivity contribution in [2.75, 3.05) is 13.7 Å². The number of ketones is 1. The number of carbonyl (C=O) groups is 2. The van der Waals surface area contributed by atoms with Gasteiger partial charge in [-0.05, 0) is 46.3 Å². The number of ether oxygens (including phenoxy) is 2. The van der Waals surface area contributed by atoms with Gasteiger partial charge in [0.2, 0.25) is 5.89 Å². The van der Waals surface area contributed by atoms with Crippen LogP contribution in [0.25, 0.3) is 17.2 Å². The molecule has 3 rings (SSSR count). The zero-order valence-electron chi connectivity index (χ0n) is 13.8. The average molecular weight is 416 g/mol. The van der Waals surface area contributed by atoms with Crippen LogP contribution in [0.3, 0.4) is 0 Å². The van der Waals surface area contributed by atoms with Crippen LogP contribution in [0, 0.1) is 0 Å². The van der Waals surface area contributed by atoms with Crippen molar-refractivity contribution in [3.63, 3.8) is 0 Å². The van der Waals surface area contributed by atoms with Gasteiger partial charge in [0.1, 0.15) is 11.3 Å². The summed E-state index contributed by atoms with van der Waals surface area (Å²) in [5, 5.41) is 0. The van der Waals surface area contributed by atoms with Gasteiger partial charge in [0.15, 0.2) is 18.0 Å². The van der Waals surface area contributed by atoms with Gasteiger partial charge in [-0.15, -0.1) is 0 Å². The third-order valence-corrected chi connectivity index (χ3v) is 4.11. The smallest absolute Gasteiger partial charge is 0.331 e. The van der Waals surface area contributed by atoms with Gasteiger partial charge in [0.05, 0.1) is 11.6 Å². The minimum absolute atomic E-state index is 0.286. The van der Waals surface area contributed by atoms with Crippen LogP contribution in [0.4, 0.5) is 0 Å². The molecular weight excluding hydrogens is 402 g/mol. The van der Waals surface area contributed by atoms with Crippen molar-refractivity contribution in [1.82, 2.24) is 4.98 Å². The largest absolute Gasteiger partial charge is 0.496 e. The maximum Gasteiger partial charge on any atom is 0.331 e. The molecule has 0 amide bonds. The van der Waals surface area contributed by atoms with Crippen molar-refractivity contribution in [2.45, 2.75) is 0 Å². The Hall–Kier alpha value is -2.93. The monoisotopic (exact) mass is 415 g/mol. The number of benzene rings is 2. The van der Waals surface area contributed by atoms with Gasteiger partial charge in [0.25, 0.3) is 0 Å². The molecule has 0 N–H and O–H groups in total. The fourth-order valence-corrected chi connectivity index (χ4v) is 2.75. The molecule has 26 heavy (non-hydrogen) atoms. The molecule has 0 bridgehead atoms. The number of nitrogens with zero attached hydrogens (tertiary/aromatic N) is 1. The zero-order valence-corrected chi connectivity index (χ0v) is 15.4. The molecule has 0 aliphatic carbocycles. The first kappa shape index (κ1) is 17.9. The lowest BCUT2D eigenvalue weighted by molar-refractivity contribution is -0.136. The Morgan fingerprint density at radius 3 is 2.77 bits per heavy atom. The Bertz CT molecular complexity index is 960. The number of esters is 1. The molecule has 0 spiro atoms. The standard InChI is InChI=1S/C19H14BrNO5/c1-24-16-7-6-12(10-13(16)20)15(22)11-25-19(23)9-8-18-21-14-4-2-3-5-17(14)26-18/h2-10H,11H2,1H3/b9-8+. The van der Waals surface area contributed by atoms with Crippen molar-refractivity contribution in [2.24, 2.45) is 0 Å². The van der Waals surface area contributed by atoms with E-state index >= 15 is 0 Å². The van der Waals surface area contributed by atoms with Crippen molar-refractivity contribution >= 4 is 44.9 Å². The first-order valence-corrected chi connectivity index (χ1v) is 8.43. The second kappa shape index (κ2) is 7.97. The van der Waals surface area contributed by atoms with E-state index in [0.717, 1.165) is 0 Å². The molecule has 0 aliphatic rings. The van der Waals surface area contributed by atoms with E-state index in [1.807, 2.05) is 12.1 Å². The number of fused-ring (bicyclic) bond motifs is 1. The number of hydrogen-bond donors (Lipinski definition) is 0. The number of oxazole rings is 1. The lowest BCUT2D eigenvalue weighted by atomic mass is 10.1. The van der Waals surface area contributed by atoms with E-state index < -0.39 is 5.97 Å². The van der Waals surface area contributed by atoms with Crippen LogP contribution in [-0.4, -0.2) is 30.5 Å². The van der Waals surface area contributed by atoms with E-state index in [4.69, 9.17) is 13.9 Å². The summed E-state index contributed by atoms with van der Waals surface area (Å²) >= 11 is 3.31. The summed E-state index contributed by atoms with van der Waals surface area (Å²) in [5.74, 6) is -0.0847. The molecule has 0 saturated carbocycles. The average Bonchev–Trinajstić information content (AvgIpc) is 3.07. The molecule has 3 aromatic rings. The van der Waals surface area contributed by atoms with Gasteiger partial charge in [-0.25, -0.2) is 9.78 Å². The lowest BCUT2D eigenvalue weighted by Crippen LogP contribution is -2.12. The fourth-order valence-electron chi connectivity index (χ4n) is 2.21. The second-order valence-electron chi connectivity index (χ2n) is 5.23. The van der Waals surface area contributed by atoms with Crippen molar-refractivity contribution < 1.29 is 23.5 Å². The molecule has 0 fully saturated rings. The van der Waals surface area contributed by atoms with E-state index in [-0.39, 0.29) is 18.3 Å². The SMILES string of the molecule is COc1ccc(C(=O)COC(=O)/C=C/c2nc3ccccc3o2)cc1Br. The van der Waals surface area contributed by atoms with Crippen LogP contribution >= 0.6 is 15.9 Å². The Morgan fingerprint density at radius 2 is 2.04 bits per heavy atom. The highest BCUT2D eigenvalue weighted by atomic mass is 79.9. The van der Waals surface area contributed by atoms with Crippen molar-refractivity contribution in [3.8, 4) is 5.75 Å². The highest BCUT2D eigenvalue weighted by Gasteiger charge is 2.11. The summed E-state index contributed by atoms with van der Waals surface area (Å²) in [6, 6.07) is 12.1. The summed E-state index contributed by atoms with van der Waals surface area (Å²) in [5.41, 5.74) is 1.73. The molecular formula is C19H14BrNO5. The summed E-state index contributed by atoms with van der Waals surface area (Å²) in [6.45, 7) is -0.366. The Kier molecular flexibility index (Phi) is 5.48. The van der Waals surface area contributed by atoms with Crippen LogP contribution < -0.4 is 4.74 Å².